The summed E-state index contributed by atoms with van der Waals surface area (Å²) in [4.78, 5) is 11.8. The van der Waals surface area contributed by atoms with Gasteiger partial charge in [0.2, 0.25) is 0 Å². The second kappa shape index (κ2) is 5.94. The number of hydrogen-bond donors (Lipinski definition) is 1. The molecule has 94 valence electrons. The molecule has 0 spiro atoms. The highest BCUT2D eigenvalue weighted by Crippen LogP contribution is 2.16. The summed E-state index contributed by atoms with van der Waals surface area (Å²) >= 11 is 0. The van der Waals surface area contributed by atoms with Crippen LogP contribution in [0.4, 0.5) is 0 Å². The van der Waals surface area contributed by atoms with Gasteiger partial charge in [0.25, 0.3) is 0 Å². The lowest BCUT2D eigenvalue weighted by molar-refractivity contribution is -0.129. The number of ether oxygens (including phenoxy) is 1. The zero-order valence-electron chi connectivity index (χ0n) is 10.8. The standard InChI is InChI=1S/C14H21NO2/c1-14(2,3)13(16)12(15)10-17-9-11-7-5-4-6-8-11/h4-8,12H,9-10,15H2,1-3H3. The Morgan fingerprint density at radius 1 is 1.29 bits per heavy atom. The van der Waals surface area contributed by atoms with Gasteiger partial charge < -0.3 is 10.5 Å². The molecule has 3 heteroatoms. The van der Waals surface area contributed by atoms with Gasteiger partial charge >= 0.3 is 0 Å². The zero-order valence-corrected chi connectivity index (χ0v) is 10.8. The second-order valence-corrected chi connectivity index (χ2v) is 5.22. The van der Waals surface area contributed by atoms with Crippen molar-refractivity contribution in [2.45, 2.75) is 33.4 Å². The van der Waals surface area contributed by atoms with E-state index in [2.05, 4.69) is 0 Å². The van der Waals surface area contributed by atoms with Crippen molar-refractivity contribution < 1.29 is 9.53 Å². The molecule has 0 heterocycles. The monoisotopic (exact) mass is 235 g/mol. The van der Waals surface area contributed by atoms with Crippen LogP contribution >= 0.6 is 0 Å². The molecule has 0 aliphatic carbocycles. The number of carbonyl (C=O) groups excluding carboxylic acids is 1. The van der Waals surface area contributed by atoms with Crippen LogP contribution in [0.15, 0.2) is 30.3 Å². The molecule has 0 bridgehead atoms. The van der Waals surface area contributed by atoms with Crippen LogP contribution in [-0.2, 0) is 16.1 Å². The third-order valence-corrected chi connectivity index (χ3v) is 2.48. The number of ketones is 1. The third kappa shape index (κ3) is 4.67. The van der Waals surface area contributed by atoms with E-state index in [-0.39, 0.29) is 12.4 Å². The molecule has 1 rings (SSSR count). The Hall–Kier alpha value is -1.19. The van der Waals surface area contributed by atoms with E-state index >= 15 is 0 Å². The van der Waals surface area contributed by atoms with E-state index < -0.39 is 11.5 Å². The molecule has 0 saturated carbocycles. The van der Waals surface area contributed by atoms with Gasteiger partial charge in [0, 0.05) is 5.41 Å². The minimum atomic E-state index is -0.543. The molecule has 1 atom stereocenters. The molecule has 0 aromatic heterocycles. The van der Waals surface area contributed by atoms with E-state index in [4.69, 9.17) is 10.5 Å². The van der Waals surface area contributed by atoms with Crippen molar-refractivity contribution in [1.29, 1.82) is 0 Å². The van der Waals surface area contributed by atoms with Gasteiger partial charge in [-0.15, -0.1) is 0 Å². The van der Waals surface area contributed by atoms with Gasteiger partial charge in [0.05, 0.1) is 19.3 Å². The Labute approximate surface area is 103 Å². The first-order valence-electron chi connectivity index (χ1n) is 5.83. The molecule has 1 aromatic rings. The number of benzene rings is 1. The van der Waals surface area contributed by atoms with Crippen molar-refractivity contribution in [2.24, 2.45) is 11.1 Å². The zero-order chi connectivity index (χ0) is 12.9. The van der Waals surface area contributed by atoms with E-state index in [0.717, 1.165) is 5.56 Å². The van der Waals surface area contributed by atoms with Gasteiger partial charge in [-0.3, -0.25) is 4.79 Å². The van der Waals surface area contributed by atoms with Gasteiger partial charge in [-0.05, 0) is 5.56 Å². The van der Waals surface area contributed by atoms with Crippen molar-refractivity contribution >= 4 is 5.78 Å². The normalized spacial score (nSPS) is 13.4. The lowest BCUT2D eigenvalue weighted by atomic mass is 9.87. The van der Waals surface area contributed by atoms with E-state index in [1.54, 1.807) is 0 Å². The maximum Gasteiger partial charge on any atom is 0.157 e. The van der Waals surface area contributed by atoms with Crippen LogP contribution in [0.1, 0.15) is 26.3 Å². The van der Waals surface area contributed by atoms with Crippen molar-refractivity contribution in [2.75, 3.05) is 6.61 Å². The van der Waals surface area contributed by atoms with Crippen LogP contribution in [0.2, 0.25) is 0 Å². The summed E-state index contributed by atoms with van der Waals surface area (Å²) in [6, 6.07) is 9.29. The molecule has 1 unspecified atom stereocenters. The molecule has 3 nitrogen and oxygen atoms in total. The highest BCUT2D eigenvalue weighted by atomic mass is 16.5. The number of hydrogen-bond acceptors (Lipinski definition) is 3. The number of rotatable bonds is 5. The minimum absolute atomic E-state index is 0.0329. The molecule has 0 radical (unpaired) electrons. The molecule has 0 fully saturated rings. The first kappa shape index (κ1) is 13.9. The Morgan fingerprint density at radius 3 is 2.41 bits per heavy atom. The molecular formula is C14H21NO2. The molecule has 1 aromatic carbocycles. The fraction of sp³-hybridized carbons (Fsp3) is 0.500. The van der Waals surface area contributed by atoms with Gasteiger partial charge in [0.1, 0.15) is 0 Å². The summed E-state index contributed by atoms with van der Waals surface area (Å²) in [7, 11) is 0. The molecule has 2 N–H and O–H groups in total. The predicted molar refractivity (Wildman–Crippen MR) is 68.5 cm³/mol. The summed E-state index contributed by atoms with van der Waals surface area (Å²) in [5.41, 5.74) is 6.47. The van der Waals surface area contributed by atoms with Gasteiger partial charge in [-0.1, -0.05) is 51.1 Å². The van der Waals surface area contributed by atoms with Crippen LogP contribution in [0.5, 0.6) is 0 Å². The molecular weight excluding hydrogens is 214 g/mol. The van der Waals surface area contributed by atoms with E-state index in [9.17, 15) is 4.79 Å². The number of Topliss-reactive ketones (excluding diaryl/α,β-unsaturated/α-hetero) is 1. The van der Waals surface area contributed by atoms with Gasteiger partial charge in [-0.25, -0.2) is 0 Å². The molecule has 0 aliphatic heterocycles. The summed E-state index contributed by atoms with van der Waals surface area (Å²) in [5, 5.41) is 0. The van der Waals surface area contributed by atoms with Crippen LogP contribution in [0.3, 0.4) is 0 Å². The summed E-state index contributed by atoms with van der Waals surface area (Å²) in [6.45, 7) is 6.36. The smallest absolute Gasteiger partial charge is 0.157 e. The van der Waals surface area contributed by atoms with E-state index in [0.29, 0.717) is 6.61 Å². The maximum atomic E-state index is 11.8. The summed E-state index contributed by atoms with van der Waals surface area (Å²) in [6.07, 6.45) is 0. The Kier molecular flexibility index (Phi) is 4.85. The van der Waals surface area contributed by atoms with Crippen LogP contribution in [-0.4, -0.2) is 18.4 Å². The quantitative estimate of drug-likeness (QED) is 0.850. The second-order valence-electron chi connectivity index (χ2n) is 5.22. The average molecular weight is 235 g/mol. The Balaban J connectivity index is 2.35. The minimum Gasteiger partial charge on any atom is -0.375 e. The molecule has 0 amide bonds. The van der Waals surface area contributed by atoms with Gasteiger partial charge in [0.15, 0.2) is 5.78 Å². The fourth-order valence-electron chi connectivity index (χ4n) is 1.51. The Morgan fingerprint density at radius 2 is 1.88 bits per heavy atom. The highest BCUT2D eigenvalue weighted by molar-refractivity contribution is 5.88. The Bertz CT molecular complexity index is 354. The van der Waals surface area contributed by atoms with Gasteiger partial charge in [-0.2, -0.15) is 0 Å². The maximum absolute atomic E-state index is 11.8. The fourth-order valence-corrected chi connectivity index (χ4v) is 1.51. The highest BCUT2D eigenvalue weighted by Gasteiger charge is 2.26. The van der Waals surface area contributed by atoms with Crippen molar-refractivity contribution in [3.63, 3.8) is 0 Å². The number of nitrogens with two attached hydrogens (primary N) is 1. The molecule has 0 saturated heterocycles. The van der Waals surface area contributed by atoms with E-state index in [1.165, 1.54) is 0 Å². The topological polar surface area (TPSA) is 52.3 Å². The average Bonchev–Trinajstić information content (AvgIpc) is 2.28. The van der Waals surface area contributed by atoms with Crippen molar-refractivity contribution in [3.8, 4) is 0 Å². The SMILES string of the molecule is CC(C)(C)C(=O)C(N)COCc1ccccc1. The summed E-state index contributed by atoms with van der Waals surface area (Å²) < 4.78 is 5.45. The lowest BCUT2D eigenvalue weighted by Gasteiger charge is -2.21. The molecule has 0 aliphatic rings. The van der Waals surface area contributed by atoms with Crippen LogP contribution in [0.25, 0.3) is 0 Å². The summed E-state index contributed by atoms with van der Waals surface area (Å²) in [5.74, 6) is 0.0329. The van der Waals surface area contributed by atoms with E-state index in [1.807, 2.05) is 51.1 Å². The first-order chi connectivity index (χ1) is 7.91. The number of carbonyl (C=O) groups is 1. The first-order valence-corrected chi connectivity index (χ1v) is 5.83. The van der Waals surface area contributed by atoms with Crippen molar-refractivity contribution in [1.82, 2.24) is 0 Å². The predicted octanol–water partition coefficient (Wildman–Crippen LogP) is 2.15. The third-order valence-electron chi connectivity index (χ3n) is 2.48. The largest absolute Gasteiger partial charge is 0.375 e. The lowest BCUT2D eigenvalue weighted by Crippen LogP contribution is -2.42. The van der Waals surface area contributed by atoms with Crippen molar-refractivity contribution in [3.05, 3.63) is 35.9 Å². The van der Waals surface area contributed by atoms with Crippen LogP contribution in [0, 0.1) is 5.41 Å². The molecule has 17 heavy (non-hydrogen) atoms. The van der Waals surface area contributed by atoms with Crippen LogP contribution < -0.4 is 5.73 Å².